The molecule has 1 aliphatic heterocycles. The molecule has 1 saturated heterocycles. The van der Waals surface area contributed by atoms with Gasteiger partial charge in [-0.25, -0.2) is 0 Å². The molecule has 8 heteroatoms. The first-order valence-electron chi connectivity index (χ1n) is 10.7. The fourth-order valence-corrected chi connectivity index (χ4v) is 5.18. The van der Waals surface area contributed by atoms with Crippen molar-refractivity contribution in [2.24, 2.45) is 0 Å². The Morgan fingerprint density at radius 2 is 2.06 bits per heavy atom. The van der Waals surface area contributed by atoms with E-state index in [9.17, 15) is 9.59 Å². The minimum absolute atomic E-state index is 0.00376. The average molecular weight is 462 g/mol. The molecule has 1 aliphatic rings. The van der Waals surface area contributed by atoms with Gasteiger partial charge in [0.25, 0.3) is 11.8 Å². The molecule has 0 unspecified atom stereocenters. The number of carbonyl (C=O) groups is 2. The lowest BCUT2D eigenvalue weighted by Crippen LogP contribution is -2.29. The fraction of sp³-hybridized carbons (Fsp3) is 0.240. The van der Waals surface area contributed by atoms with Crippen LogP contribution < -0.4 is 10.1 Å². The first kappa shape index (κ1) is 21.4. The Morgan fingerprint density at radius 3 is 2.85 bits per heavy atom. The van der Waals surface area contributed by atoms with Crippen molar-refractivity contribution in [2.75, 3.05) is 27.2 Å². The smallest absolute Gasteiger partial charge is 0.264 e. The van der Waals surface area contributed by atoms with Crippen LogP contribution in [0, 0.1) is 0 Å². The zero-order chi connectivity index (χ0) is 22.9. The lowest BCUT2D eigenvalue weighted by molar-refractivity contribution is 0.0728. The van der Waals surface area contributed by atoms with E-state index in [0.717, 1.165) is 27.4 Å². The van der Waals surface area contributed by atoms with E-state index in [0.29, 0.717) is 35.0 Å². The summed E-state index contributed by atoms with van der Waals surface area (Å²) in [5.74, 6) is 1.15. The second kappa shape index (κ2) is 8.80. The van der Waals surface area contributed by atoms with Gasteiger partial charge in [0, 0.05) is 45.1 Å². The number of methoxy groups -OCH3 is 1. The zero-order valence-corrected chi connectivity index (χ0v) is 19.1. The second-order valence-electron chi connectivity index (χ2n) is 7.90. The number of rotatable bonds is 5. The highest BCUT2D eigenvalue weighted by atomic mass is 32.1. The van der Waals surface area contributed by atoms with Gasteiger partial charge in [-0.15, -0.1) is 11.3 Å². The van der Waals surface area contributed by atoms with E-state index in [1.807, 2.05) is 41.3 Å². The minimum Gasteiger partial charge on any atom is -0.456 e. The van der Waals surface area contributed by atoms with Crippen LogP contribution in [0.2, 0.25) is 0 Å². The molecule has 1 N–H and O–H groups in total. The summed E-state index contributed by atoms with van der Waals surface area (Å²) in [6.07, 6.45) is 2.63. The normalized spacial score (nSPS) is 15.8. The van der Waals surface area contributed by atoms with E-state index in [-0.39, 0.29) is 17.9 Å². The van der Waals surface area contributed by atoms with Gasteiger partial charge in [-0.1, -0.05) is 12.1 Å². The maximum absolute atomic E-state index is 13.0. The average Bonchev–Trinajstić information content (AvgIpc) is 3.50. The van der Waals surface area contributed by atoms with Crippen LogP contribution in [0.15, 0.2) is 54.7 Å². The number of pyridine rings is 1. The lowest BCUT2D eigenvalue weighted by Gasteiger charge is -2.14. The Hall–Kier alpha value is -3.49. The van der Waals surface area contributed by atoms with Crippen LogP contribution in [0.25, 0.3) is 21.0 Å². The Kier molecular flexibility index (Phi) is 5.70. The van der Waals surface area contributed by atoms with Gasteiger partial charge in [0.2, 0.25) is 0 Å². The highest BCUT2D eigenvalue weighted by Gasteiger charge is 2.28. The number of hydrogen-bond donors (Lipinski definition) is 1. The number of thiophene rings is 1. The summed E-state index contributed by atoms with van der Waals surface area (Å²) in [7, 11) is 3.30. The number of nitrogens with one attached hydrogen (secondary N) is 1. The molecule has 4 aromatic rings. The summed E-state index contributed by atoms with van der Waals surface area (Å²) in [5.41, 5.74) is 1.35. The van der Waals surface area contributed by atoms with Gasteiger partial charge in [0.15, 0.2) is 0 Å². The van der Waals surface area contributed by atoms with Gasteiger partial charge in [0.05, 0.1) is 21.2 Å². The van der Waals surface area contributed by atoms with Gasteiger partial charge in [-0.3, -0.25) is 14.6 Å². The third-order valence-corrected chi connectivity index (χ3v) is 7.03. The predicted octanol–water partition coefficient (Wildman–Crippen LogP) is 4.46. The first-order valence-corrected chi connectivity index (χ1v) is 11.5. The molecule has 7 nitrogen and oxygen atoms in total. The molecule has 3 heterocycles. The summed E-state index contributed by atoms with van der Waals surface area (Å²) in [6, 6.07) is 14.9. The SMILES string of the molecule is CNC(=O)c1cccc2cc(Oc3ccnc4cc(C(=O)N5CC[C@H](OC)C5)sc34)ccc12. The molecule has 0 radical (unpaired) electrons. The number of ether oxygens (including phenoxy) is 2. The summed E-state index contributed by atoms with van der Waals surface area (Å²) < 4.78 is 12.4. The number of hydrogen-bond acceptors (Lipinski definition) is 6. The number of fused-ring (bicyclic) bond motifs is 2. The van der Waals surface area contributed by atoms with Gasteiger partial charge in [-0.05, 0) is 47.5 Å². The first-order chi connectivity index (χ1) is 16.1. The number of aromatic nitrogens is 1. The molecule has 168 valence electrons. The summed E-state index contributed by atoms with van der Waals surface area (Å²) in [6.45, 7) is 1.30. The molecule has 0 saturated carbocycles. The molecule has 0 bridgehead atoms. The van der Waals surface area contributed by atoms with Gasteiger partial charge in [-0.2, -0.15) is 0 Å². The third kappa shape index (κ3) is 4.03. The van der Waals surface area contributed by atoms with E-state index in [4.69, 9.17) is 9.47 Å². The second-order valence-corrected chi connectivity index (χ2v) is 8.95. The number of amides is 2. The topological polar surface area (TPSA) is 80.8 Å². The van der Waals surface area contributed by atoms with Crippen molar-refractivity contribution < 1.29 is 19.1 Å². The highest BCUT2D eigenvalue weighted by Crippen LogP contribution is 2.36. The van der Waals surface area contributed by atoms with E-state index >= 15 is 0 Å². The Bertz CT molecular complexity index is 1370. The number of carbonyl (C=O) groups excluding carboxylic acids is 2. The molecule has 2 amide bonds. The van der Waals surface area contributed by atoms with Crippen molar-refractivity contribution in [3.63, 3.8) is 0 Å². The summed E-state index contributed by atoms with van der Waals surface area (Å²) in [4.78, 5) is 32.0. The van der Waals surface area contributed by atoms with Crippen molar-refractivity contribution in [2.45, 2.75) is 12.5 Å². The predicted molar refractivity (Wildman–Crippen MR) is 128 cm³/mol. The van der Waals surface area contributed by atoms with Crippen LogP contribution in [0.5, 0.6) is 11.5 Å². The van der Waals surface area contributed by atoms with Crippen LogP contribution in [0.4, 0.5) is 0 Å². The van der Waals surface area contributed by atoms with Crippen molar-refractivity contribution in [1.82, 2.24) is 15.2 Å². The van der Waals surface area contributed by atoms with Crippen LogP contribution in [0.3, 0.4) is 0 Å². The highest BCUT2D eigenvalue weighted by molar-refractivity contribution is 7.21. The molecular formula is C25H23N3O4S. The molecule has 1 fully saturated rings. The molecule has 0 aliphatic carbocycles. The fourth-order valence-electron chi connectivity index (χ4n) is 4.15. The third-order valence-electron chi connectivity index (χ3n) is 5.90. The molecule has 1 atom stereocenters. The van der Waals surface area contributed by atoms with Crippen LogP contribution in [-0.4, -0.2) is 55.0 Å². The van der Waals surface area contributed by atoms with Crippen LogP contribution in [-0.2, 0) is 4.74 Å². The Labute approximate surface area is 194 Å². The zero-order valence-electron chi connectivity index (χ0n) is 18.3. The maximum Gasteiger partial charge on any atom is 0.264 e. The van der Waals surface area contributed by atoms with Crippen molar-refractivity contribution in [3.05, 3.63) is 65.2 Å². The molecule has 5 rings (SSSR count). The molecule has 2 aromatic heterocycles. The summed E-state index contributed by atoms with van der Waals surface area (Å²) >= 11 is 1.39. The van der Waals surface area contributed by atoms with Crippen molar-refractivity contribution in [3.8, 4) is 11.5 Å². The van der Waals surface area contributed by atoms with Crippen LogP contribution >= 0.6 is 11.3 Å². The van der Waals surface area contributed by atoms with Gasteiger partial charge >= 0.3 is 0 Å². The minimum atomic E-state index is -0.129. The van der Waals surface area contributed by atoms with E-state index in [2.05, 4.69) is 10.3 Å². The van der Waals surface area contributed by atoms with Crippen molar-refractivity contribution >= 4 is 44.1 Å². The van der Waals surface area contributed by atoms with Crippen LogP contribution in [0.1, 0.15) is 26.5 Å². The molecule has 2 aromatic carbocycles. The van der Waals surface area contributed by atoms with E-state index < -0.39 is 0 Å². The lowest BCUT2D eigenvalue weighted by atomic mass is 10.0. The van der Waals surface area contributed by atoms with Crippen molar-refractivity contribution in [1.29, 1.82) is 0 Å². The molecule has 0 spiro atoms. The summed E-state index contributed by atoms with van der Waals surface area (Å²) in [5, 5.41) is 4.43. The number of benzene rings is 2. The van der Waals surface area contributed by atoms with Gasteiger partial charge in [0.1, 0.15) is 11.5 Å². The largest absolute Gasteiger partial charge is 0.456 e. The molecule has 33 heavy (non-hydrogen) atoms. The number of nitrogens with zero attached hydrogens (tertiary/aromatic N) is 2. The Morgan fingerprint density at radius 1 is 1.18 bits per heavy atom. The van der Waals surface area contributed by atoms with E-state index in [1.54, 1.807) is 32.5 Å². The maximum atomic E-state index is 13.0. The molecular weight excluding hydrogens is 438 g/mol. The Balaban J connectivity index is 1.44. The quantitative estimate of drug-likeness (QED) is 0.475. The van der Waals surface area contributed by atoms with Gasteiger partial charge < -0.3 is 19.7 Å². The number of likely N-dealkylation sites (tertiary alicyclic amines) is 1. The monoisotopic (exact) mass is 461 g/mol. The standard InChI is InChI=1S/C25H23N3O4S/c1-26-24(29)19-5-3-4-15-12-16(6-7-18(15)19)32-21-8-10-27-20-13-22(33-23(20)21)25(30)28-11-9-17(14-28)31-2/h3-8,10,12-13,17H,9,11,14H2,1-2H3,(H,26,29)/t17-/m0/s1. The van der Waals surface area contributed by atoms with E-state index in [1.165, 1.54) is 11.3 Å².